The maximum absolute atomic E-state index is 11.5. The molecule has 2 aromatic rings. The second-order valence-electron chi connectivity index (χ2n) is 3.92. The summed E-state index contributed by atoms with van der Waals surface area (Å²) >= 11 is 0. The molecule has 1 aromatic carbocycles. The van der Waals surface area contributed by atoms with Gasteiger partial charge in [-0.1, -0.05) is 0 Å². The Morgan fingerprint density at radius 1 is 1.26 bits per heavy atom. The highest BCUT2D eigenvalue weighted by molar-refractivity contribution is 5.89. The molecule has 0 unspecified atom stereocenters. The highest BCUT2D eigenvalue weighted by atomic mass is 16.5. The third kappa shape index (κ3) is 3.51. The normalized spacial score (nSPS) is 10.0. The van der Waals surface area contributed by atoms with Crippen molar-refractivity contribution in [1.29, 1.82) is 0 Å². The average Bonchev–Trinajstić information content (AvgIpc) is 2.40. The first-order valence-electron chi connectivity index (χ1n) is 5.93. The van der Waals surface area contributed by atoms with Crippen molar-refractivity contribution >= 4 is 5.97 Å². The van der Waals surface area contributed by atoms with Crippen LogP contribution in [0, 0.1) is 6.92 Å². The first-order valence-corrected chi connectivity index (χ1v) is 5.93. The summed E-state index contributed by atoms with van der Waals surface area (Å²) < 4.78 is 10.4. The Morgan fingerprint density at radius 3 is 2.63 bits per heavy atom. The molecule has 5 heteroatoms. The minimum absolute atomic E-state index is 0.343. The fourth-order valence-corrected chi connectivity index (χ4v) is 1.48. The van der Waals surface area contributed by atoms with E-state index >= 15 is 0 Å². The van der Waals surface area contributed by atoms with Gasteiger partial charge in [0, 0.05) is 6.07 Å². The van der Waals surface area contributed by atoms with Crippen molar-refractivity contribution in [3.05, 3.63) is 47.7 Å². The minimum atomic E-state index is -0.343. The van der Waals surface area contributed by atoms with Crippen LogP contribution >= 0.6 is 0 Å². The van der Waals surface area contributed by atoms with Crippen LogP contribution in [-0.2, 0) is 4.74 Å². The molecule has 0 amide bonds. The van der Waals surface area contributed by atoms with Gasteiger partial charge in [0.15, 0.2) is 0 Å². The number of hydrogen-bond donors (Lipinski definition) is 0. The summed E-state index contributed by atoms with van der Waals surface area (Å²) in [5, 5.41) is 7.66. The number of ether oxygens (including phenoxy) is 2. The van der Waals surface area contributed by atoms with Gasteiger partial charge in [-0.25, -0.2) is 4.79 Å². The summed E-state index contributed by atoms with van der Waals surface area (Å²) in [4.78, 5) is 11.5. The van der Waals surface area contributed by atoms with E-state index in [9.17, 15) is 4.79 Å². The van der Waals surface area contributed by atoms with Gasteiger partial charge in [0.25, 0.3) is 0 Å². The monoisotopic (exact) mass is 258 g/mol. The van der Waals surface area contributed by atoms with Gasteiger partial charge in [-0.3, -0.25) is 0 Å². The number of aromatic nitrogens is 2. The van der Waals surface area contributed by atoms with Crippen molar-refractivity contribution in [1.82, 2.24) is 10.2 Å². The lowest BCUT2D eigenvalue weighted by molar-refractivity contribution is 0.0526. The summed E-state index contributed by atoms with van der Waals surface area (Å²) in [7, 11) is 0. The Morgan fingerprint density at radius 2 is 2.00 bits per heavy atom. The van der Waals surface area contributed by atoms with Crippen LogP contribution in [0.15, 0.2) is 36.5 Å². The van der Waals surface area contributed by atoms with Gasteiger partial charge in [0.2, 0.25) is 5.88 Å². The van der Waals surface area contributed by atoms with Crippen molar-refractivity contribution in [3.63, 3.8) is 0 Å². The van der Waals surface area contributed by atoms with Crippen molar-refractivity contribution < 1.29 is 14.3 Å². The van der Waals surface area contributed by atoms with Gasteiger partial charge in [-0.2, -0.15) is 5.10 Å². The quantitative estimate of drug-likeness (QED) is 0.789. The molecule has 1 heterocycles. The van der Waals surface area contributed by atoms with Gasteiger partial charge in [0.05, 0.1) is 18.4 Å². The first-order chi connectivity index (χ1) is 9.19. The van der Waals surface area contributed by atoms with Crippen LogP contribution in [0.3, 0.4) is 0 Å². The van der Waals surface area contributed by atoms with E-state index in [-0.39, 0.29) is 5.97 Å². The minimum Gasteiger partial charge on any atom is -0.462 e. The molecule has 0 saturated carbocycles. The average molecular weight is 258 g/mol. The van der Waals surface area contributed by atoms with Crippen LogP contribution in [0.5, 0.6) is 11.6 Å². The van der Waals surface area contributed by atoms with E-state index in [1.165, 1.54) is 0 Å². The molecular weight excluding hydrogens is 244 g/mol. The molecule has 0 aliphatic carbocycles. The number of rotatable bonds is 4. The third-order valence-electron chi connectivity index (χ3n) is 2.36. The second kappa shape index (κ2) is 5.95. The van der Waals surface area contributed by atoms with Crippen LogP contribution in [-0.4, -0.2) is 22.8 Å². The Balaban J connectivity index is 2.08. The number of esters is 1. The van der Waals surface area contributed by atoms with Crippen molar-refractivity contribution in [2.45, 2.75) is 13.8 Å². The second-order valence-corrected chi connectivity index (χ2v) is 3.92. The van der Waals surface area contributed by atoms with Gasteiger partial charge in [-0.15, -0.1) is 5.10 Å². The van der Waals surface area contributed by atoms with Crippen molar-refractivity contribution in [2.75, 3.05) is 6.61 Å². The zero-order valence-electron chi connectivity index (χ0n) is 10.8. The Kier molecular flexibility index (Phi) is 4.07. The number of hydrogen-bond acceptors (Lipinski definition) is 5. The SMILES string of the molecule is CCOC(=O)c1ccc(Oc2cc(C)cnn2)cc1. The molecule has 19 heavy (non-hydrogen) atoms. The molecule has 0 aliphatic heterocycles. The van der Waals surface area contributed by atoms with Gasteiger partial charge >= 0.3 is 5.97 Å². The van der Waals surface area contributed by atoms with Gasteiger partial charge in [0.1, 0.15) is 5.75 Å². The number of carbonyl (C=O) groups excluding carboxylic acids is 1. The van der Waals surface area contributed by atoms with E-state index in [0.717, 1.165) is 5.56 Å². The summed E-state index contributed by atoms with van der Waals surface area (Å²) in [6, 6.07) is 8.46. The molecular formula is C14H14N2O3. The topological polar surface area (TPSA) is 61.3 Å². The highest BCUT2D eigenvalue weighted by Gasteiger charge is 2.06. The smallest absolute Gasteiger partial charge is 0.338 e. The van der Waals surface area contributed by atoms with Crippen LogP contribution < -0.4 is 4.74 Å². The Bertz CT molecular complexity index is 567. The molecule has 5 nitrogen and oxygen atoms in total. The van der Waals surface area contributed by atoms with E-state index in [4.69, 9.17) is 9.47 Å². The molecule has 0 saturated heterocycles. The maximum Gasteiger partial charge on any atom is 0.338 e. The number of benzene rings is 1. The Hall–Kier alpha value is -2.43. The van der Waals surface area contributed by atoms with E-state index in [1.54, 1.807) is 43.5 Å². The van der Waals surface area contributed by atoms with E-state index in [2.05, 4.69) is 10.2 Å². The molecule has 0 fully saturated rings. The largest absolute Gasteiger partial charge is 0.462 e. The molecule has 1 aromatic heterocycles. The van der Waals surface area contributed by atoms with Crippen LogP contribution in [0.25, 0.3) is 0 Å². The zero-order chi connectivity index (χ0) is 13.7. The summed E-state index contributed by atoms with van der Waals surface area (Å²) in [6.07, 6.45) is 1.65. The summed E-state index contributed by atoms with van der Waals surface area (Å²) in [5.41, 5.74) is 1.46. The molecule has 98 valence electrons. The molecule has 0 spiro atoms. The number of aryl methyl sites for hydroxylation is 1. The fraction of sp³-hybridized carbons (Fsp3) is 0.214. The van der Waals surface area contributed by atoms with Gasteiger partial charge < -0.3 is 9.47 Å². The third-order valence-corrected chi connectivity index (χ3v) is 2.36. The lowest BCUT2D eigenvalue weighted by Crippen LogP contribution is -2.04. The van der Waals surface area contributed by atoms with E-state index in [1.807, 2.05) is 6.92 Å². The van der Waals surface area contributed by atoms with Crippen molar-refractivity contribution in [2.24, 2.45) is 0 Å². The number of carbonyl (C=O) groups is 1. The molecule has 2 rings (SSSR count). The predicted octanol–water partition coefficient (Wildman–Crippen LogP) is 2.75. The molecule has 0 aliphatic rings. The van der Waals surface area contributed by atoms with Crippen LogP contribution in [0.1, 0.15) is 22.8 Å². The van der Waals surface area contributed by atoms with Crippen LogP contribution in [0.4, 0.5) is 0 Å². The van der Waals surface area contributed by atoms with Crippen LogP contribution in [0.2, 0.25) is 0 Å². The van der Waals surface area contributed by atoms with Gasteiger partial charge in [-0.05, 0) is 43.7 Å². The van der Waals surface area contributed by atoms with Crippen molar-refractivity contribution in [3.8, 4) is 11.6 Å². The van der Waals surface area contributed by atoms with E-state index in [0.29, 0.717) is 23.8 Å². The molecule has 0 N–H and O–H groups in total. The summed E-state index contributed by atoms with van der Waals surface area (Å²) in [5.74, 6) is 0.668. The number of nitrogens with zero attached hydrogens (tertiary/aromatic N) is 2. The van der Waals surface area contributed by atoms with E-state index < -0.39 is 0 Å². The standard InChI is InChI=1S/C14H14N2O3/c1-3-18-14(17)11-4-6-12(7-5-11)19-13-8-10(2)9-15-16-13/h4-9H,3H2,1-2H3. The maximum atomic E-state index is 11.5. The zero-order valence-corrected chi connectivity index (χ0v) is 10.8. The fourth-order valence-electron chi connectivity index (χ4n) is 1.48. The lowest BCUT2D eigenvalue weighted by atomic mass is 10.2. The first kappa shape index (κ1) is 13.0. The predicted molar refractivity (Wildman–Crippen MR) is 69.2 cm³/mol. The summed E-state index contributed by atoms with van der Waals surface area (Å²) in [6.45, 7) is 4.03. The highest BCUT2D eigenvalue weighted by Crippen LogP contribution is 2.20. The lowest BCUT2D eigenvalue weighted by Gasteiger charge is -2.05. The molecule has 0 bridgehead atoms. The molecule has 0 atom stereocenters. The molecule has 0 radical (unpaired) electrons. The Labute approximate surface area is 111 Å².